The first-order valence-corrected chi connectivity index (χ1v) is 12.6. The lowest BCUT2D eigenvalue weighted by molar-refractivity contribution is -0.0159. The molecule has 1 aliphatic heterocycles. The number of fused-ring (bicyclic) bond motifs is 1. The number of amides is 1. The molecule has 1 saturated carbocycles. The molecule has 1 amide bonds. The van der Waals surface area contributed by atoms with E-state index < -0.39 is 29.4 Å². The van der Waals surface area contributed by atoms with Gasteiger partial charge in [-0.25, -0.2) is 23.1 Å². The van der Waals surface area contributed by atoms with Gasteiger partial charge in [0, 0.05) is 61.8 Å². The molecule has 1 aliphatic carbocycles. The summed E-state index contributed by atoms with van der Waals surface area (Å²) in [6, 6.07) is 5.56. The zero-order valence-corrected chi connectivity index (χ0v) is 20.8. The standard InChI is InChI=1S/C26H24F3N9O/c27-20-18(1-5-31-22(20)23(28)29)25(39)37-9-7-36(8-10-37)17-11-26(12-17,3-4-30)38-14-16(13-35-38)21-19-2-6-32-24(19)34-15-33-21/h1-2,5-6,13-15,17,23H,3,7-12H2,(H,32,33,34). The monoisotopic (exact) mass is 535 g/mol. The maximum Gasteiger partial charge on any atom is 0.283 e. The van der Waals surface area contributed by atoms with Crippen molar-refractivity contribution in [3.05, 3.63) is 60.3 Å². The fourth-order valence-electron chi connectivity index (χ4n) is 5.68. The van der Waals surface area contributed by atoms with Crippen molar-refractivity contribution in [1.29, 1.82) is 5.26 Å². The Morgan fingerprint density at radius 3 is 2.72 bits per heavy atom. The highest BCUT2D eigenvalue weighted by Crippen LogP contribution is 2.45. The van der Waals surface area contributed by atoms with Gasteiger partial charge in [-0.15, -0.1) is 0 Å². The van der Waals surface area contributed by atoms with Gasteiger partial charge in [0.05, 0.1) is 35.5 Å². The Hall–Kier alpha value is -4.31. The summed E-state index contributed by atoms with van der Waals surface area (Å²) in [7, 11) is 0. The molecule has 5 heterocycles. The molecule has 0 bridgehead atoms. The molecule has 13 heteroatoms. The number of nitriles is 1. The van der Waals surface area contributed by atoms with Crippen LogP contribution in [-0.4, -0.2) is 77.6 Å². The van der Waals surface area contributed by atoms with E-state index in [-0.39, 0.29) is 11.6 Å². The average Bonchev–Trinajstić information content (AvgIpc) is 3.60. The van der Waals surface area contributed by atoms with Gasteiger partial charge in [0.2, 0.25) is 0 Å². The van der Waals surface area contributed by atoms with E-state index in [4.69, 9.17) is 0 Å². The number of nitrogens with one attached hydrogen (secondary N) is 1. The first kappa shape index (κ1) is 25.0. The molecular weight excluding hydrogens is 511 g/mol. The molecule has 39 heavy (non-hydrogen) atoms. The van der Waals surface area contributed by atoms with Gasteiger partial charge < -0.3 is 9.88 Å². The van der Waals surface area contributed by atoms with Gasteiger partial charge in [-0.05, 0) is 25.0 Å². The molecule has 1 N–H and O–H groups in total. The van der Waals surface area contributed by atoms with Crippen LogP contribution in [0.1, 0.15) is 41.7 Å². The average molecular weight is 536 g/mol. The molecule has 200 valence electrons. The third-order valence-corrected chi connectivity index (χ3v) is 7.81. The highest BCUT2D eigenvalue weighted by molar-refractivity contribution is 5.94. The van der Waals surface area contributed by atoms with Crippen LogP contribution in [0.25, 0.3) is 22.3 Å². The van der Waals surface area contributed by atoms with E-state index in [9.17, 15) is 23.2 Å². The highest BCUT2D eigenvalue weighted by Gasteiger charge is 2.49. The van der Waals surface area contributed by atoms with Crippen LogP contribution >= 0.6 is 0 Å². The number of hydrogen-bond acceptors (Lipinski definition) is 7. The lowest BCUT2D eigenvalue weighted by atomic mass is 9.70. The topological polar surface area (TPSA) is 120 Å². The molecule has 0 aromatic carbocycles. The van der Waals surface area contributed by atoms with Crippen molar-refractivity contribution >= 4 is 16.9 Å². The van der Waals surface area contributed by atoms with Crippen molar-refractivity contribution in [2.75, 3.05) is 26.2 Å². The minimum atomic E-state index is -3.09. The Kier molecular flexibility index (Phi) is 6.26. The molecular formula is C26H24F3N9O. The molecule has 0 unspecified atom stereocenters. The lowest BCUT2D eigenvalue weighted by Gasteiger charge is -2.52. The van der Waals surface area contributed by atoms with Crippen LogP contribution in [0, 0.1) is 17.1 Å². The van der Waals surface area contributed by atoms with Crippen LogP contribution < -0.4 is 0 Å². The fraction of sp³-hybridized carbons (Fsp3) is 0.385. The largest absolute Gasteiger partial charge is 0.346 e. The maximum absolute atomic E-state index is 14.4. The van der Waals surface area contributed by atoms with E-state index in [0.717, 1.165) is 47.4 Å². The number of pyridine rings is 1. The third kappa shape index (κ3) is 4.30. The SMILES string of the molecule is N#CCC1(n2cc(-c3ncnc4[nH]ccc34)cn2)CC(N2CCN(C(=O)c3ccnc(C(F)F)c3F)CC2)C1. The summed E-state index contributed by atoms with van der Waals surface area (Å²) >= 11 is 0. The molecule has 2 fully saturated rings. The number of aromatic nitrogens is 6. The Bertz CT molecular complexity index is 1560. The summed E-state index contributed by atoms with van der Waals surface area (Å²) in [6.45, 7) is 1.81. The molecule has 4 aromatic rings. The second-order valence-electron chi connectivity index (χ2n) is 9.94. The Balaban J connectivity index is 1.12. The summed E-state index contributed by atoms with van der Waals surface area (Å²) < 4.78 is 42.3. The van der Waals surface area contributed by atoms with Crippen LogP contribution in [0.5, 0.6) is 0 Å². The zero-order chi connectivity index (χ0) is 27.1. The molecule has 1 saturated heterocycles. The number of aromatic amines is 1. The fourth-order valence-corrected chi connectivity index (χ4v) is 5.68. The van der Waals surface area contributed by atoms with E-state index in [2.05, 4.69) is 36.0 Å². The van der Waals surface area contributed by atoms with Gasteiger partial charge in [-0.2, -0.15) is 10.4 Å². The second kappa shape index (κ2) is 9.77. The van der Waals surface area contributed by atoms with Crippen molar-refractivity contribution < 1.29 is 18.0 Å². The maximum atomic E-state index is 14.4. The number of halogens is 3. The second-order valence-corrected chi connectivity index (χ2v) is 9.94. The summed E-state index contributed by atoms with van der Waals surface area (Å²) in [5.74, 6) is -1.88. The molecule has 0 atom stereocenters. The Morgan fingerprint density at radius 2 is 1.97 bits per heavy atom. The highest BCUT2D eigenvalue weighted by atomic mass is 19.3. The van der Waals surface area contributed by atoms with Crippen molar-refractivity contribution in [2.24, 2.45) is 0 Å². The first-order chi connectivity index (χ1) is 18.9. The van der Waals surface area contributed by atoms with Crippen LogP contribution in [0.15, 0.2) is 43.2 Å². The van der Waals surface area contributed by atoms with E-state index in [1.165, 1.54) is 11.2 Å². The van der Waals surface area contributed by atoms with E-state index >= 15 is 0 Å². The quantitative estimate of drug-likeness (QED) is 0.401. The number of carbonyl (C=O) groups excluding carboxylic acids is 1. The van der Waals surface area contributed by atoms with Crippen molar-refractivity contribution in [1.82, 2.24) is 39.5 Å². The van der Waals surface area contributed by atoms with Gasteiger partial charge in [0.15, 0.2) is 5.82 Å². The van der Waals surface area contributed by atoms with Crippen LogP contribution in [0.4, 0.5) is 13.2 Å². The Labute approximate surface area is 221 Å². The normalized spacial score (nSPS) is 21.7. The minimum absolute atomic E-state index is 0.196. The van der Waals surface area contributed by atoms with E-state index in [0.29, 0.717) is 32.6 Å². The predicted octanol–water partition coefficient (Wildman–Crippen LogP) is 3.52. The molecule has 2 aliphatic rings. The van der Waals surface area contributed by atoms with Crippen molar-refractivity contribution in [2.45, 2.75) is 37.3 Å². The third-order valence-electron chi connectivity index (χ3n) is 7.81. The number of hydrogen-bond donors (Lipinski definition) is 1. The number of rotatable bonds is 6. The van der Waals surface area contributed by atoms with Gasteiger partial charge in [-0.1, -0.05) is 0 Å². The minimum Gasteiger partial charge on any atom is -0.346 e. The molecule has 0 radical (unpaired) electrons. The number of carbonyl (C=O) groups is 1. The number of nitrogens with zero attached hydrogens (tertiary/aromatic N) is 8. The summed E-state index contributed by atoms with van der Waals surface area (Å²) in [5, 5.41) is 15.1. The van der Waals surface area contributed by atoms with Gasteiger partial charge in [0.25, 0.3) is 12.3 Å². The molecule has 0 spiro atoms. The zero-order valence-electron chi connectivity index (χ0n) is 20.8. The Morgan fingerprint density at radius 1 is 1.18 bits per heavy atom. The number of piperazine rings is 1. The number of alkyl halides is 2. The van der Waals surface area contributed by atoms with Crippen LogP contribution in [-0.2, 0) is 5.54 Å². The molecule has 10 nitrogen and oxygen atoms in total. The van der Waals surface area contributed by atoms with Crippen LogP contribution in [0.3, 0.4) is 0 Å². The van der Waals surface area contributed by atoms with Gasteiger partial charge in [0.1, 0.15) is 17.7 Å². The first-order valence-electron chi connectivity index (χ1n) is 12.6. The van der Waals surface area contributed by atoms with Crippen molar-refractivity contribution in [3.8, 4) is 17.3 Å². The molecule has 4 aromatic heterocycles. The summed E-state index contributed by atoms with van der Waals surface area (Å²) in [4.78, 5) is 31.7. The summed E-state index contributed by atoms with van der Waals surface area (Å²) in [5.41, 5.74) is 0.501. The van der Waals surface area contributed by atoms with Crippen LogP contribution in [0.2, 0.25) is 0 Å². The van der Waals surface area contributed by atoms with Gasteiger partial charge >= 0.3 is 0 Å². The van der Waals surface area contributed by atoms with Gasteiger partial charge in [-0.3, -0.25) is 19.4 Å². The smallest absolute Gasteiger partial charge is 0.283 e. The summed E-state index contributed by atoms with van der Waals surface area (Å²) in [6.07, 6.45) is 6.67. The van der Waals surface area contributed by atoms with E-state index in [1.807, 2.05) is 23.1 Å². The predicted molar refractivity (Wildman–Crippen MR) is 133 cm³/mol. The number of H-pyrrole nitrogens is 1. The lowest BCUT2D eigenvalue weighted by Crippen LogP contribution is -2.60. The van der Waals surface area contributed by atoms with Crippen molar-refractivity contribution in [3.63, 3.8) is 0 Å². The molecule has 6 rings (SSSR count). The van der Waals surface area contributed by atoms with E-state index in [1.54, 1.807) is 6.20 Å².